The summed E-state index contributed by atoms with van der Waals surface area (Å²) in [6.45, 7) is 5.89. The molecule has 1 atom stereocenters. The van der Waals surface area contributed by atoms with Crippen molar-refractivity contribution in [2.45, 2.75) is 45.7 Å². The minimum atomic E-state index is 0.134. The summed E-state index contributed by atoms with van der Waals surface area (Å²) in [5.74, 6) is 0.935. The van der Waals surface area contributed by atoms with E-state index >= 15 is 0 Å². The van der Waals surface area contributed by atoms with E-state index in [2.05, 4.69) is 24.4 Å². The Balaban J connectivity index is 2.28. The number of unbranched alkanes of at least 4 members (excludes halogenated alkanes) is 2. The summed E-state index contributed by atoms with van der Waals surface area (Å²) in [4.78, 5) is 0. The average molecular weight is 251 g/mol. The summed E-state index contributed by atoms with van der Waals surface area (Å²) in [6, 6.07) is 8.27. The fraction of sp³-hybridized carbons (Fsp3) is 0.600. The first kappa shape index (κ1) is 15.0. The third-order valence-corrected chi connectivity index (χ3v) is 2.87. The first-order valence-corrected chi connectivity index (χ1v) is 6.82. The van der Waals surface area contributed by atoms with Crippen LogP contribution in [0.4, 0.5) is 0 Å². The van der Waals surface area contributed by atoms with Gasteiger partial charge in [-0.25, -0.2) is 0 Å². The summed E-state index contributed by atoms with van der Waals surface area (Å²) in [5, 5.41) is 12.2. The number of nitrogens with one attached hydrogen (secondary N) is 1. The largest absolute Gasteiger partial charge is 0.494 e. The quantitative estimate of drug-likeness (QED) is 0.663. The maximum atomic E-state index is 8.92. The molecule has 102 valence electrons. The van der Waals surface area contributed by atoms with Crippen LogP contribution in [0.2, 0.25) is 0 Å². The topological polar surface area (TPSA) is 41.5 Å². The Labute approximate surface area is 110 Å². The molecule has 3 heteroatoms. The molecule has 0 fully saturated rings. The molecule has 0 heterocycles. The monoisotopic (exact) mass is 251 g/mol. The molecule has 0 saturated heterocycles. The third kappa shape index (κ3) is 6.03. The molecule has 0 spiro atoms. The summed E-state index contributed by atoms with van der Waals surface area (Å²) < 4.78 is 5.65. The van der Waals surface area contributed by atoms with Crippen molar-refractivity contribution in [2.24, 2.45) is 0 Å². The zero-order valence-corrected chi connectivity index (χ0v) is 11.5. The van der Waals surface area contributed by atoms with E-state index in [0.29, 0.717) is 0 Å². The molecule has 18 heavy (non-hydrogen) atoms. The number of benzene rings is 1. The van der Waals surface area contributed by atoms with E-state index in [1.165, 1.54) is 18.4 Å². The number of ether oxygens (including phenoxy) is 1. The maximum Gasteiger partial charge on any atom is 0.119 e. The van der Waals surface area contributed by atoms with Crippen molar-refractivity contribution in [3.8, 4) is 5.75 Å². The molecule has 0 saturated carbocycles. The highest BCUT2D eigenvalue weighted by Crippen LogP contribution is 2.12. The van der Waals surface area contributed by atoms with Gasteiger partial charge in [0.2, 0.25) is 0 Å². The van der Waals surface area contributed by atoms with Crippen molar-refractivity contribution in [3.05, 3.63) is 29.8 Å². The smallest absolute Gasteiger partial charge is 0.119 e. The Morgan fingerprint density at radius 1 is 1.22 bits per heavy atom. The normalized spacial score (nSPS) is 12.4. The van der Waals surface area contributed by atoms with Crippen LogP contribution in [0.15, 0.2) is 24.3 Å². The van der Waals surface area contributed by atoms with Crippen molar-refractivity contribution in [1.82, 2.24) is 5.32 Å². The Hall–Kier alpha value is -1.06. The fourth-order valence-electron chi connectivity index (χ4n) is 1.60. The summed E-state index contributed by atoms with van der Waals surface area (Å²) >= 11 is 0. The highest BCUT2D eigenvalue weighted by atomic mass is 16.5. The van der Waals surface area contributed by atoms with Crippen LogP contribution in [0.3, 0.4) is 0 Å². The van der Waals surface area contributed by atoms with E-state index in [4.69, 9.17) is 9.84 Å². The zero-order chi connectivity index (χ0) is 13.2. The maximum absolute atomic E-state index is 8.92. The molecule has 0 amide bonds. The highest BCUT2D eigenvalue weighted by Gasteiger charge is 1.99. The number of hydrogen-bond acceptors (Lipinski definition) is 3. The van der Waals surface area contributed by atoms with Crippen LogP contribution in [0, 0.1) is 0 Å². The first-order chi connectivity index (χ1) is 8.76. The van der Waals surface area contributed by atoms with Gasteiger partial charge >= 0.3 is 0 Å². The molecular formula is C15H25NO2. The van der Waals surface area contributed by atoms with E-state index < -0.39 is 0 Å². The molecule has 0 aliphatic carbocycles. The van der Waals surface area contributed by atoms with Gasteiger partial charge in [-0.05, 0) is 31.0 Å². The molecule has 0 unspecified atom stereocenters. The second-order valence-electron chi connectivity index (χ2n) is 4.66. The first-order valence-electron chi connectivity index (χ1n) is 6.82. The van der Waals surface area contributed by atoms with E-state index in [-0.39, 0.29) is 12.6 Å². The zero-order valence-electron chi connectivity index (χ0n) is 11.5. The van der Waals surface area contributed by atoms with Crippen LogP contribution in [0.1, 0.15) is 38.7 Å². The van der Waals surface area contributed by atoms with Crippen LogP contribution >= 0.6 is 0 Å². The van der Waals surface area contributed by atoms with Crippen molar-refractivity contribution in [1.29, 1.82) is 0 Å². The van der Waals surface area contributed by atoms with Gasteiger partial charge < -0.3 is 15.2 Å². The molecule has 0 aliphatic rings. The lowest BCUT2D eigenvalue weighted by Crippen LogP contribution is -2.28. The van der Waals surface area contributed by atoms with E-state index in [1.807, 2.05) is 19.1 Å². The van der Waals surface area contributed by atoms with Crippen LogP contribution in [0.25, 0.3) is 0 Å². The number of hydrogen-bond donors (Lipinski definition) is 2. The van der Waals surface area contributed by atoms with Crippen LogP contribution in [0.5, 0.6) is 5.75 Å². The Morgan fingerprint density at radius 3 is 2.56 bits per heavy atom. The summed E-state index contributed by atoms with van der Waals surface area (Å²) in [6.07, 6.45) is 3.56. The molecule has 0 aliphatic heterocycles. The Morgan fingerprint density at radius 2 is 1.94 bits per heavy atom. The van der Waals surface area contributed by atoms with E-state index in [0.717, 1.165) is 25.3 Å². The molecule has 0 radical (unpaired) electrons. The van der Waals surface area contributed by atoms with Gasteiger partial charge in [0.25, 0.3) is 0 Å². The molecule has 1 aromatic carbocycles. The van der Waals surface area contributed by atoms with Gasteiger partial charge in [-0.2, -0.15) is 0 Å². The van der Waals surface area contributed by atoms with Crippen LogP contribution in [-0.2, 0) is 6.54 Å². The van der Waals surface area contributed by atoms with Crippen LogP contribution in [-0.4, -0.2) is 24.4 Å². The molecule has 1 rings (SSSR count). The third-order valence-electron chi connectivity index (χ3n) is 2.87. The minimum absolute atomic E-state index is 0.134. The molecule has 2 N–H and O–H groups in total. The lowest BCUT2D eigenvalue weighted by molar-refractivity contribution is 0.251. The Bertz CT molecular complexity index is 311. The van der Waals surface area contributed by atoms with Gasteiger partial charge in [0.15, 0.2) is 0 Å². The molecule has 3 nitrogen and oxygen atoms in total. The van der Waals surface area contributed by atoms with Crippen molar-refractivity contribution in [3.63, 3.8) is 0 Å². The molecule has 0 bridgehead atoms. The molecule has 1 aromatic rings. The van der Waals surface area contributed by atoms with Gasteiger partial charge in [-0.1, -0.05) is 31.9 Å². The van der Waals surface area contributed by atoms with Gasteiger partial charge in [-0.3, -0.25) is 0 Å². The lowest BCUT2D eigenvalue weighted by atomic mass is 10.2. The molecular weight excluding hydrogens is 226 g/mol. The van der Waals surface area contributed by atoms with Crippen molar-refractivity contribution >= 4 is 0 Å². The minimum Gasteiger partial charge on any atom is -0.494 e. The predicted molar refractivity (Wildman–Crippen MR) is 74.8 cm³/mol. The molecule has 0 aromatic heterocycles. The fourth-order valence-corrected chi connectivity index (χ4v) is 1.60. The lowest BCUT2D eigenvalue weighted by Gasteiger charge is -2.11. The van der Waals surface area contributed by atoms with Crippen molar-refractivity contribution in [2.75, 3.05) is 13.2 Å². The average Bonchev–Trinajstić information content (AvgIpc) is 2.42. The van der Waals surface area contributed by atoms with Gasteiger partial charge in [-0.15, -0.1) is 0 Å². The SMILES string of the molecule is CCCCCOc1ccc(CN[C@H](C)CO)cc1. The number of rotatable bonds is 9. The van der Waals surface area contributed by atoms with E-state index in [1.54, 1.807) is 0 Å². The Kier molecular flexibility index (Phi) is 7.46. The van der Waals surface area contributed by atoms with Crippen LogP contribution < -0.4 is 10.1 Å². The summed E-state index contributed by atoms with van der Waals surface area (Å²) in [5.41, 5.74) is 1.20. The predicted octanol–water partition coefficient (Wildman–Crippen LogP) is 2.73. The van der Waals surface area contributed by atoms with Gasteiger partial charge in [0.1, 0.15) is 5.75 Å². The van der Waals surface area contributed by atoms with Gasteiger partial charge in [0.05, 0.1) is 13.2 Å². The second-order valence-corrected chi connectivity index (χ2v) is 4.66. The standard InChI is InChI=1S/C15H25NO2/c1-3-4-5-10-18-15-8-6-14(7-9-15)11-16-13(2)12-17/h6-9,13,16-17H,3-5,10-12H2,1-2H3/t13-/m1/s1. The highest BCUT2D eigenvalue weighted by molar-refractivity contribution is 5.27. The van der Waals surface area contributed by atoms with Crippen molar-refractivity contribution < 1.29 is 9.84 Å². The van der Waals surface area contributed by atoms with Gasteiger partial charge in [0, 0.05) is 12.6 Å². The van der Waals surface area contributed by atoms with E-state index in [9.17, 15) is 0 Å². The second kappa shape index (κ2) is 8.95. The number of aliphatic hydroxyl groups is 1. The summed E-state index contributed by atoms with van der Waals surface area (Å²) in [7, 11) is 0. The number of aliphatic hydroxyl groups excluding tert-OH is 1.